The Balaban J connectivity index is 2.06. The van der Waals surface area contributed by atoms with Crippen molar-refractivity contribution >= 4 is 23.2 Å². The molecule has 6 heteroatoms. The molecule has 1 aromatic carbocycles. The number of rotatable bonds is 6. The van der Waals surface area contributed by atoms with Crippen LogP contribution < -0.4 is 16.4 Å². The van der Waals surface area contributed by atoms with E-state index in [0.29, 0.717) is 23.4 Å². The number of hydrogen-bond acceptors (Lipinski definition) is 4. The summed E-state index contributed by atoms with van der Waals surface area (Å²) >= 11 is 0. The van der Waals surface area contributed by atoms with E-state index in [1.807, 2.05) is 6.92 Å². The smallest absolute Gasteiger partial charge is 0.255 e. The van der Waals surface area contributed by atoms with E-state index in [4.69, 9.17) is 5.73 Å². The lowest BCUT2D eigenvalue weighted by atomic mass is 9.96. The molecule has 0 aliphatic rings. The third kappa shape index (κ3) is 4.63. The number of amides is 2. The zero-order valence-electron chi connectivity index (χ0n) is 13.9. The molecule has 0 spiro atoms. The van der Waals surface area contributed by atoms with Gasteiger partial charge in [-0.05, 0) is 43.7 Å². The number of pyridine rings is 1. The second-order valence-electron chi connectivity index (χ2n) is 5.89. The van der Waals surface area contributed by atoms with Gasteiger partial charge in [0.2, 0.25) is 5.91 Å². The first-order chi connectivity index (χ1) is 11.4. The van der Waals surface area contributed by atoms with Gasteiger partial charge in [0.1, 0.15) is 0 Å². The average Bonchev–Trinajstić information content (AvgIpc) is 2.56. The molecule has 1 atom stereocenters. The Kier molecular flexibility index (Phi) is 5.65. The summed E-state index contributed by atoms with van der Waals surface area (Å²) in [6.07, 6.45) is 4.53. The van der Waals surface area contributed by atoms with Crippen LogP contribution in [0.25, 0.3) is 0 Å². The number of hydrogen-bond donors (Lipinski definition) is 3. The molecule has 2 rings (SSSR count). The van der Waals surface area contributed by atoms with Crippen molar-refractivity contribution in [3.05, 3.63) is 54.4 Å². The molecule has 2 aromatic rings. The number of benzene rings is 1. The first kappa shape index (κ1) is 17.6. The van der Waals surface area contributed by atoms with Gasteiger partial charge in [-0.3, -0.25) is 14.6 Å². The van der Waals surface area contributed by atoms with Crippen molar-refractivity contribution < 1.29 is 9.59 Å². The molecule has 2 amide bonds. The van der Waals surface area contributed by atoms with Crippen LogP contribution in [0.15, 0.2) is 48.8 Å². The summed E-state index contributed by atoms with van der Waals surface area (Å²) in [5.74, 6) is -0.488. The fourth-order valence-corrected chi connectivity index (χ4v) is 2.29. The van der Waals surface area contributed by atoms with Gasteiger partial charge < -0.3 is 16.4 Å². The van der Waals surface area contributed by atoms with Crippen LogP contribution in [0.5, 0.6) is 0 Å². The molecule has 0 saturated heterocycles. The molecular formula is C18H22N4O2. The van der Waals surface area contributed by atoms with Gasteiger partial charge in [0.25, 0.3) is 5.91 Å². The van der Waals surface area contributed by atoms with Gasteiger partial charge in [-0.15, -0.1) is 0 Å². The van der Waals surface area contributed by atoms with Gasteiger partial charge in [0.05, 0.1) is 5.54 Å². The second-order valence-corrected chi connectivity index (χ2v) is 5.89. The normalized spacial score (nSPS) is 13.0. The Labute approximate surface area is 141 Å². The van der Waals surface area contributed by atoms with Gasteiger partial charge in [-0.25, -0.2) is 0 Å². The lowest BCUT2D eigenvalue weighted by Gasteiger charge is -2.23. The molecular weight excluding hydrogens is 304 g/mol. The number of aromatic nitrogens is 1. The van der Waals surface area contributed by atoms with E-state index in [1.165, 1.54) is 0 Å². The van der Waals surface area contributed by atoms with Crippen LogP contribution >= 0.6 is 0 Å². The number of nitrogens with one attached hydrogen (secondary N) is 2. The molecule has 4 N–H and O–H groups in total. The number of anilines is 2. The van der Waals surface area contributed by atoms with E-state index in [9.17, 15) is 9.59 Å². The lowest BCUT2D eigenvalue weighted by molar-refractivity contribution is -0.120. The highest BCUT2D eigenvalue weighted by Gasteiger charge is 2.27. The minimum Gasteiger partial charge on any atom is -0.324 e. The molecule has 0 saturated carbocycles. The van der Waals surface area contributed by atoms with Crippen molar-refractivity contribution in [2.45, 2.75) is 32.2 Å². The largest absolute Gasteiger partial charge is 0.324 e. The van der Waals surface area contributed by atoms with E-state index < -0.39 is 5.54 Å². The predicted octanol–water partition coefficient (Wildman–Crippen LogP) is 2.79. The van der Waals surface area contributed by atoms with Crippen molar-refractivity contribution in [2.24, 2.45) is 5.73 Å². The molecule has 0 aliphatic carbocycles. The monoisotopic (exact) mass is 326 g/mol. The molecule has 1 unspecified atom stereocenters. The van der Waals surface area contributed by atoms with Crippen LogP contribution in [0.2, 0.25) is 0 Å². The van der Waals surface area contributed by atoms with E-state index in [-0.39, 0.29) is 11.8 Å². The second kappa shape index (κ2) is 7.70. The van der Waals surface area contributed by atoms with Gasteiger partial charge in [0, 0.05) is 29.3 Å². The first-order valence-corrected chi connectivity index (χ1v) is 7.84. The molecule has 0 aliphatic heterocycles. The van der Waals surface area contributed by atoms with Crippen molar-refractivity contribution in [2.75, 3.05) is 10.6 Å². The van der Waals surface area contributed by atoms with Crippen LogP contribution in [-0.4, -0.2) is 22.3 Å². The molecule has 1 aromatic heterocycles. The van der Waals surface area contributed by atoms with Gasteiger partial charge in [-0.2, -0.15) is 0 Å². The van der Waals surface area contributed by atoms with E-state index in [2.05, 4.69) is 15.6 Å². The predicted molar refractivity (Wildman–Crippen MR) is 94.8 cm³/mol. The summed E-state index contributed by atoms with van der Waals surface area (Å²) in [6.45, 7) is 3.69. The van der Waals surface area contributed by atoms with Crippen molar-refractivity contribution in [3.63, 3.8) is 0 Å². The quantitative estimate of drug-likeness (QED) is 0.760. The van der Waals surface area contributed by atoms with Crippen molar-refractivity contribution in [1.82, 2.24) is 4.98 Å². The highest BCUT2D eigenvalue weighted by Crippen LogP contribution is 2.18. The Bertz CT molecular complexity index is 714. The van der Waals surface area contributed by atoms with Crippen molar-refractivity contribution in [3.8, 4) is 0 Å². The molecule has 24 heavy (non-hydrogen) atoms. The molecule has 126 valence electrons. The topological polar surface area (TPSA) is 97.1 Å². The summed E-state index contributed by atoms with van der Waals surface area (Å²) in [5.41, 5.74) is 6.78. The van der Waals surface area contributed by atoms with Crippen LogP contribution in [0.1, 0.15) is 37.0 Å². The van der Waals surface area contributed by atoms with Gasteiger partial charge in [0.15, 0.2) is 0 Å². The Hall–Kier alpha value is -2.73. The lowest BCUT2D eigenvalue weighted by Crippen LogP contribution is -2.48. The van der Waals surface area contributed by atoms with Crippen LogP contribution in [-0.2, 0) is 4.79 Å². The summed E-state index contributed by atoms with van der Waals surface area (Å²) in [5, 5.41) is 5.58. The molecule has 6 nitrogen and oxygen atoms in total. The van der Waals surface area contributed by atoms with Gasteiger partial charge >= 0.3 is 0 Å². The Morgan fingerprint density at radius 3 is 2.38 bits per heavy atom. The summed E-state index contributed by atoms with van der Waals surface area (Å²) in [4.78, 5) is 28.3. The third-order valence-electron chi connectivity index (χ3n) is 3.61. The highest BCUT2D eigenvalue weighted by atomic mass is 16.2. The SMILES string of the molecule is CCCC(C)(N)C(=O)Nc1cccc(NC(=O)c2ccncc2)c1. The molecule has 0 bridgehead atoms. The summed E-state index contributed by atoms with van der Waals surface area (Å²) < 4.78 is 0. The molecule has 0 fully saturated rings. The fourth-order valence-electron chi connectivity index (χ4n) is 2.29. The number of nitrogens with two attached hydrogens (primary N) is 1. The Morgan fingerprint density at radius 1 is 1.12 bits per heavy atom. The number of nitrogens with zero attached hydrogens (tertiary/aromatic N) is 1. The van der Waals surface area contributed by atoms with Crippen LogP contribution in [0.4, 0.5) is 11.4 Å². The molecule has 1 heterocycles. The maximum Gasteiger partial charge on any atom is 0.255 e. The zero-order valence-corrected chi connectivity index (χ0v) is 13.9. The molecule has 0 radical (unpaired) electrons. The number of carbonyl (C=O) groups excluding carboxylic acids is 2. The van der Waals surface area contributed by atoms with Gasteiger partial charge in [-0.1, -0.05) is 19.4 Å². The number of carbonyl (C=O) groups is 2. The fraction of sp³-hybridized carbons (Fsp3) is 0.278. The van der Waals surface area contributed by atoms with Crippen molar-refractivity contribution in [1.29, 1.82) is 0 Å². The summed E-state index contributed by atoms with van der Waals surface area (Å²) in [7, 11) is 0. The van der Waals surface area contributed by atoms with E-state index in [1.54, 1.807) is 55.7 Å². The van der Waals surface area contributed by atoms with Crippen LogP contribution in [0, 0.1) is 0 Å². The van der Waals surface area contributed by atoms with E-state index >= 15 is 0 Å². The minimum absolute atomic E-state index is 0.240. The minimum atomic E-state index is -0.926. The third-order valence-corrected chi connectivity index (χ3v) is 3.61. The Morgan fingerprint density at radius 2 is 1.75 bits per heavy atom. The highest BCUT2D eigenvalue weighted by molar-refractivity contribution is 6.04. The van der Waals surface area contributed by atoms with Crippen LogP contribution in [0.3, 0.4) is 0 Å². The first-order valence-electron chi connectivity index (χ1n) is 7.84. The maximum atomic E-state index is 12.2. The van der Waals surface area contributed by atoms with E-state index in [0.717, 1.165) is 6.42 Å². The maximum absolute atomic E-state index is 12.2. The average molecular weight is 326 g/mol. The zero-order chi connectivity index (χ0) is 17.6. The standard InChI is InChI=1S/C18H22N4O2/c1-3-9-18(2,19)17(24)22-15-6-4-5-14(12-15)21-16(23)13-7-10-20-11-8-13/h4-8,10-12H,3,9,19H2,1-2H3,(H,21,23)(H,22,24). The summed E-state index contributed by atoms with van der Waals surface area (Å²) in [6, 6.07) is 10.2.